The maximum Gasteiger partial charge on any atom is 0.255 e. The molecular weight excluding hydrogens is 358 g/mol. The Kier molecular flexibility index (Phi) is 4.88. The van der Waals surface area contributed by atoms with E-state index in [1.165, 1.54) is 0 Å². The number of hydrogen-bond acceptors (Lipinski definition) is 5. The lowest BCUT2D eigenvalue weighted by Gasteiger charge is -2.12. The van der Waals surface area contributed by atoms with Gasteiger partial charge in [0.05, 0.1) is 11.3 Å². The summed E-state index contributed by atoms with van der Waals surface area (Å²) >= 11 is 0. The Bertz CT molecular complexity index is 1020. The van der Waals surface area contributed by atoms with Crippen LogP contribution in [0.15, 0.2) is 67.0 Å². The van der Waals surface area contributed by atoms with E-state index in [4.69, 9.17) is 9.47 Å². The van der Waals surface area contributed by atoms with Crippen molar-refractivity contribution in [3.63, 3.8) is 0 Å². The van der Waals surface area contributed by atoms with Crippen LogP contribution in [-0.4, -0.2) is 23.6 Å². The maximum atomic E-state index is 12.7. The van der Waals surface area contributed by atoms with Crippen molar-refractivity contribution >= 4 is 17.5 Å². The third-order valence-corrected chi connectivity index (χ3v) is 4.25. The van der Waals surface area contributed by atoms with E-state index in [1.54, 1.807) is 48.8 Å². The molecule has 2 amide bonds. The minimum absolute atomic E-state index is 0.204. The first kappa shape index (κ1) is 17.5. The van der Waals surface area contributed by atoms with Crippen LogP contribution in [0.3, 0.4) is 0 Å². The third-order valence-electron chi connectivity index (χ3n) is 4.25. The molecule has 1 aliphatic heterocycles. The van der Waals surface area contributed by atoms with Crippen LogP contribution >= 0.6 is 0 Å². The summed E-state index contributed by atoms with van der Waals surface area (Å²) in [5.41, 5.74) is 2.17. The summed E-state index contributed by atoms with van der Waals surface area (Å²) in [6.45, 7) is 0.526. The number of amides is 2. The smallest absolute Gasteiger partial charge is 0.255 e. The van der Waals surface area contributed by atoms with Gasteiger partial charge >= 0.3 is 0 Å². The molecule has 2 aromatic carbocycles. The second-order valence-corrected chi connectivity index (χ2v) is 6.11. The monoisotopic (exact) mass is 375 g/mol. The highest BCUT2D eigenvalue weighted by Crippen LogP contribution is 2.32. The summed E-state index contributed by atoms with van der Waals surface area (Å²) in [7, 11) is 0. The van der Waals surface area contributed by atoms with Crippen molar-refractivity contribution in [1.29, 1.82) is 0 Å². The lowest BCUT2D eigenvalue weighted by Crippen LogP contribution is -2.24. The summed E-state index contributed by atoms with van der Waals surface area (Å²) in [5, 5.41) is 5.64. The van der Waals surface area contributed by atoms with Crippen LogP contribution in [0.25, 0.3) is 0 Å². The number of benzene rings is 2. The van der Waals surface area contributed by atoms with E-state index >= 15 is 0 Å². The molecule has 1 aromatic heterocycles. The van der Waals surface area contributed by atoms with Gasteiger partial charge in [0.2, 0.25) is 6.79 Å². The summed E-state index contributed by atoms with van der Waals surface area (Å²) in [6.07, 6.45) is 3.08. The standard InChI is InChI=1S/C21H17N3O4/c25-20(15-7-9-22-10-8-15)24-17-4-2-1-3-16(17)21(26)23-12-14-5-6-18-19(11-14)28-13-27-18/h1-11H,12-13H2,(H,23,26)(H,24,25). The van der Waals surface area contributed by atoms with Gasteiger partial charge in [0.25, 0.3) is 11.8 Å². The minimum Gasteiger partial charge on any atom is -0.454 e. The Labute approximate surface area is 161 Å². The van der Waals surface area contributed by atoms with Crippen LogP contribution in [-0.2, 0) is 6.54 Å². The van der Waals surface area contributed by atoms with E-state index < -0.39 is 0 Å². The van der Waals surface area contributed by atoms with Crippen molar-refractivity contribution in [1.82, 2.24) is 10.3 Å². The van der Waals surface area contributed by atoms with Gasteiger partial charge < -0.3 is 20.1 Å². The number of rotatable bonds is 5. The van der Waals surface area contributed by atoms with Gasteiger partial charge in [-0.3, -0.25) is 14.6 Å². The molecule has 0 fully saturated rings. The fraction of sp³-hybridized carbons (Fsp3) is 0.0952. The second kappa shape index (κ2) is 7.79. The molecule has 1 aliphatic rings. The van der Waals surface area contributed by atoms with Gasteiger partial charge in [0, 0.05) is 24.5 Å². The van der Waals surface area contributed by atoms with Crippen LogP contribution in [0.5, 0.6) is 11.5 Å². The van der Waals surface area contributed by atoms with Crippen molar-refractivity contribution in [2.24, 2.45) is 0 Å². The van der Waals surface area contributed by atoms with E-state index in [-0.39, 0.29) is 18.6 Å². The number of carbonyl (C=O) groups excluding carboxylic acids is 2. The number of pyridine rings is 1. The molecule has 3 aromatic rings. The number of hydrogen-bond donors (Lipinski definition) is 2. The van der Waals surface area contributed by atoms with Crippen molar-refractivity contribution in [2.75, 3.05) is 12.1 Å². The molecule has 0 aliphatic carbocycles. The van der Waals surface area contributed by atoms with Crippen LogP contribution in [0, 0.1) is 0 Å². The van der Waals surface area contributed by atoms with Gasteiger partial charge in [-0.05, 0) is 42.0 Å². The van der Waals surface area contributed by atoms with Gasteiger partial charge in [0.15, 0.2) is 11.5 Å². The summed E-state index contributed by atoms with van der Waals surface area (Å²) in [4.78, 5) is 28.9. The Morgan fingerprint density at radius 3 is 2.57 bits per heavy atom. The predicted octanol–water partition coefficient (Wildman–Crippen LogP) is 2.99. The molecule has 0 unspecified atom stereocenters. The number of anilines is 1. The molecule has 0 saturated heterocycles. The SMILES string of the molecule is O=C(Nc1ccccc1C(=O)NCc1ccc2c(c1)OCO2)c1ccncc1. The van der Waals surface area contributed by atoms with E-state index in [1.807, 2.05) is 18.2 Å². The molecule has 4 rings (SSSR count). The van der Waals surface area contributed by atoms with Gasteiger partial charge in [-0.15, -0.1) is 0 Å². The summed E-state index contributed by atoms with van der Waals surface area (Å²) < 4.78 is 10.6. The molecular formula is C21H17N3O4. The van der Waals surface area contributed by atoms with Crippen molar-refractivity contribution < 1.29 is 19.1 Å². The molecule has 7 heteroatoms. The van der Waals surface area contributed by atoms with E-state index in [9.17, 15) is 9.59 Å². The molecule has 0 spiro atoms. The number of ether oxygens (including phenoxy) is 2. The maximum absolute atomic E-state index is 12.7. The van der Waals surface area contributed by atoms with Crippen molar-refractivity contribution in [2.45, 2.75) is 6.54 Å². The first-order valence-corrected chi connectivity index (χ1v) is 8.68. The number of fused-ring (bicyclic) bond motifs is 1. The normalized spacial score (nSPS) is 11.7. The molecule has 0 radical (unpaired) electrons. The fourth-order valence-corrected chi connectivity index (χ4v) is 2.82. The average molecular weight is 375 g/mol. The third kappa shape index (κ3) is 3.78. The Morgan fingerprint density at radius 2 is 1.71 bits per heavy atom. The predicted molar refractivity (Wildman–Crippen MR) is 102 cm³/mol. The highest BCUT2D eigenvalue weighted by atomic mass is 16.7. The lowest BCUT2D eigenvalue weighted by atomic mass is 10.1. The van der Waals surface area contributed by atoms with Crippen molar-refractivity contribution in [3.8, 4) is 11.5 Å². The molecule has 0 bridgehead atoms. The molecule has 2 N–H and O–H groups in total. The molecule has 28 heavy (non-hydrogen) atoms. The zero-order valence-electron chi connectivity index (χ0n) is 14.8. The van der Waals surface area contributed by atoms with Crippen LogP contribution in [0.1, 0.15) is 26.3 Å². The fourth-order valence-electron chi connectivity index (χ4n) is 2.82. The Balaban J connectivity index is 1.45. The van der Waals surface area contributed by atoms with E-state index in [2.05, 4.69) is 15.6 Å². The zero-order valence-corrected chi connectivity index (χ0v) is 14.8. The molecule has 140 valence electrons. The number of nitrogens with zero attached hydrogens (tertiary/aromatic N) is 1. The molecule has 7 nitrogen and oxygen atoms in total. The zero-order chi connectivity index (χ0) is 19.3. The Hall–Kier alpha value is -3.87. The van der Waals surface area contributed by atoms with E-state index in [0.29, 0.717) is 34.9 Å². The van der Waals surface area contributed by atoms with Gasteiger partial charge in [-0.2, -0.15) is 0 Å². The first-order chi connectivity index (χ1) is 13.7. The largest absolute Gasteiger partial charge is 0.454 e. The quantitative estimate of drug-likeness (QED) is 0.716. The van der Waals surface area contributed by atoms with Crippen molar-refractivity contribution in [3.05, 3.63) is 83.7 Å². The number of nitrogens with one attached hydrogen (secondary N) is 2. The average Bonchev–Trinajstić information content (AvgIpc) is 3.21. The van der Waals surface area contributed by atoms with Crippen LogP contribution in [0.2, 0.25) is 0 Å². The second-order valence-electron chi connectivity index (χ2n) is 6.11. The summed E-state index contributed by atoms with van der Waals surface area (Å²) in [5.74, 6) is 0.762. The Morgan fingerprint density at radius 1 is 0.929 bits per heavy atom. The van der Waals surface area contributed by atoms with Crippen LogP contribution in [0.4, 0.5) is 5.69 Å². The molecule has 2 heterocycles. The highest BCUT2D eigenvalue weighted by molar-refractivity contribution is 6.08. The topological polar surface area (TPSA) is 89.6 Å². The number of para-hydroxylation sites is 1. The van der Waals surface area contributed by atoms with Gasteiger partial charge in [-0.1, -0.05) is 18.2 Å². The molecule has 0 atom stereocenters. The number of aromatic nitrogens is 1. The highest BCUT2D eigenvalue weighted by Gasteiger charge is 2.16. The van der Waals surface area contributed by atoms with Gasteiger partial charge in [0.1, 0.15) is 0 Å². The van der Waals surface area contributed by atoms with Crippen LogP contribution < -0.4 is 20.1 Å². The van der Waals surface area contributed by atoms with E-state index in [0.717, 1.165) is 5.56 Å². The molecule has 0 saturated carbocycles. The first-order valence-electron chi connectivity index (χ1n) is 8.68. The minimum atomic E-state index is -0.307. The summed E-state index contributed by atoms with van der Waals surface area (Å²) in [6, 6.07) is 15.6. The number of carbonyl (C=O) groups is 2. The van der Waals surface area contributed by atoms with Gasteiger partial charge in [-0.25, -0.2) is 0 Å². The lowest BCUT2D eigenvalue weighted by molar-refractivity contribution is 0.0951.